The van der Waals surface area contributed by atoms with Gasteiger partial charge in [-0.15, -0.1) is 0 Å². The monoisotopic (exact) mass is 329 g/mol. The summed E-state index contributed by atoms with van der Waals surface area (Å²) in [5.74, 6) is -1.50. The third-order valence-corrected chi connectivity index (χ3v) is 3.27. The average Bonchev–Trinajstić information content (AvgIpc) is 2.60. The number of rotatable bonds is 7. The Morgan fingerprint density at radius 2 is 1.83 bits per heavy atom. The van der Waals surface area contributed by atoms with Gasteiger partial charge in [0, 0.05) is 24.1 Å². The van der Waals surface area contributed by atoms with Crippen molar-refractivity contribution in [2.24, 2.45) is 0 Å². The molecule has 0 saturated heterocycles. The second-order valence-corrected chi connectivity index (χ2v) is 4.91. The summed E-state index contributed by atoms with van der Waals surface area (Å²) in [7, 11) is 1.38. The minimum absolute atomic E-state index is 0.0164. The molecule has 7 nitrogen and oxygen atoms in total. The van der Waals surface area contributed by atoms with E-state index in [-0.39, 0.29) is 24.3 Å². The molecule has 7 heteroatoms. The molecule has 0 bridgehead atoms. The Morgan fingerprint density at radius 1 is 1.12 bits per heavy atom. The van der Waals surface area contributed by atoms with Gasteiger partial charge in [-0.2, -0.15) is 0 Å². The van der Waals surface area contributed by atoms with Gasteiger partial charge in [0.1, 0.15) is 12.4 Å². The first-order valence-corrected chi connectivity index (χ1v) is 7.06. The molecular weight excluding hydrogens is 314 g/mol. The molecular formula is C17H15NO6. The molecule has 0 aromatic heterocycles. The van der Waals surface area contributed by atoms with Crippen molar-refractivity contribution in [1.29, 1.82) is 0 Å². The summed E-state index contributed by atoms with van der Waals surface area (Å²) in [6.07, 6.45) is -0.335. The number of Topliss-reactive ketones (excluding diaryl/α,β-unsaturated/α-hetero) is 1. The van der Waals surface area contributed by atoms with E-state index in [1.165, 1.54) is 25.3 Å². The zero-order valence-electron chi connectivity index (χ0n) is 12.9. The molecule has 2 aromatic carbocycles. The number of nitro groups is 1. The van der Waals surface area contributed by atoms with Crippen molar-refractivity contribution in [3.63, 3.8) is 0 Å². The predicted octanol–water partition coefficient (Wildman–Crippen LogP) is 2.46. The van der Waals surface area contributed by atoms with Gasteiger partial charge >= 0.3 is 5.97 Å². The highest BCUT2D eigenvalue weighted by atomic mass is 16.6. The Kier molecular flexibility index (Phi) is 5.62. The van der Waals surface area contributed by atoms with E-state index in [0.717, 1.165) is 5.56 Å². The lowest BCUT2D eigenvalue weighted by molar-refractivity contribution is -0.384. The van der Waals surface area contributed by atoms with Crippen LogP contribution in [-0.2, 0) is 27.4 Å². The minimum atomic E-state index is -0.993. The lowest BCUT2D eigenvalue weighted by atomic mass is 10.1. The fraction of sp³-hybridized carbons (Fsp3) is 0.176. The Bertz CT molecular complexity index is 757. The maximum absolute atomic E-state index is 12.0. The fourth-order valence-corrected chi connectivity index (χ4v) is 2.07. The smallest absolute Gasteiger partial charge is 0.375 e. The molecule has 2 aromatic rings. The van der Waals surface area contributed by atoms with E-state index in [4.69, 9.17) is 9.47 Å². The summed E-state index contributed by atoms with van der Waals surface area (Å²) < 4.78 is 10.0. The number of non-ortho nitro benzene ring substituents is 1. The van der Waals surface area contributed by atoms with Crippen LogP contribution in [0.5, 0.6) is 5.75 Å². The molecule has 0 fully saturated rings. The first-order valence-electron chi connectivity index (χ1n) is 7.06. The molecule has 124 valence electrons. The number of esters is 1. The summed E-state index contributed by atoms with van der Waals surface area (Å²) in [5, 5.41) is 10.8. The van der Waals surface area contributed by atoms with Gasteiger partial charge in [0.05, 0.1) is 12.0 Å². The van der Waals surface area contributed by atoms with Gasteiger partial charge in [-0.25, -0.2) is 4.79 Å². The largest absolute Gasteiger partial charge is 0.496 e. The van der Waals surface area contributed by atoms with Crippen molar-refractivity contribution in [3.05, 3.63) is 69.8 Å². The van der Waals surface area contributed by atoms with Crippen LogP contribution in [0.2, 0.25) is 0 Å². The lowest BCUT2D eigenvalue weighted by Crippen LogP contribution is -2.19. The van der Waals surface area contributed by atoms with Crippen molar-refractivity contribution in [1.82, 2.24) is 0 Å². The highest BCUT2D eigenvalue weighted by Crippen LogP contribution is 2.24. The van der Waals surface area contributed by atoms with E-state index < -0.39 is 16.7 Å². The molecule has 0 aliphatic rings. The number of ketones is 1. The van der Waals surface area contributed by atoms with E-state index in [0.29, 0.717) is 5.75 Å². The summed E-state index contributed by atoms with van der Waals surface area (Å²) in [4.78, 5) is 34.0. The molecule has 0 radical (unpaired) electrons. The number of hydrogen-bond acceptors (Lipinski definition) is 6. The Balaban J connectivity index is 2.04. The molecule has 0 spiro atoms. The average molecular weight is 329 g/mol. The SMILES string of the molecule is COc1ccc([N+](=O)[O-])cc1CC(=O)C(=O)OCc1ccccc1. The molecule has 0 aliphatic heterocycles. The molecule has 0 unspecified atom stereocenters. The Morgan fingerprint density at radius 3 is 2.46 bits per heavy atom. The van der Waals surface area contributed by atoms with Crippen LogP contribution in [-0.4, -0.2) is 23.8 Å². The maximum Gasteiger partial charge on any atom is 0.375 e. The molecule has 0 atom stereocenters. The van der Waals surface area contributed by atoms with E-state index >= 15 is 0 Å². The van der Waals surface area contributed by atoms with E-state index in [9.17, 15) is 19.7 Å². The summed E-state index contributed by atoms with van der Waals surface area (Å²) in [6.45, 7) is -0.0164. The third kappa shape index (κ3) is 4.39. The van der Waals surface area contributed by atoms with Gasteiger partial charge in [0.15, 0.2) is 0 Å². The van der Waals surface area contributed by atoms with Crippen LogP contribution in [0.3, 0.4) is 0 Å². The number of nitrogens with zero attached hydrogens (tertiary/aromatic N) is 1. The van der Waals surface area contributed by atoms with Crippen molar-refractivity contribution < 1.29 is 24.0 Å². The molecule has 0 heterocycles. The fourth-order valence-electron chi connectivity index (χ4n) is 2.07. The zero-order chi connectivity index (χ0) is 17.5. The van der Waals surface area contributed by atoms with E-state index in [1.54, 1.807) is 24.3 Å². The van der Waals surface area contributed by atoms with Crippen LogP contribution in [0.25, 0.3) is 0 Å². The highest BCUT2D eigenvalue weighted by Gasteiger charge is 2.20. The summed E-state index contributed by atoms with van der Waals surface area (Å²) >= 11 is 0. The van der Waals surface area contributed by atoms with Crippen LogP contribution < -0.4 is 4.74 Å². The summed E-state index contributed by atoms with van der Waals surface area (Å²) in [5.41, 5.74) is 0.830. The van der Waals surface area contributed by atoms with Gasteiger partial charge < -0.3 is 9.47 Å². The quantitative estimate of drug-likeness (QED) is 0.335. The first kappa shape index (κ1) is 17.1. The topological polar surface area (TPSA) is 95.7 Å². The normalized spacial score (nSPS) is 10.0. The number of nitro benzene ring substituents is 1. The lowest BCUT2D eigenvalue weighted by Gasteiger charge is -2.08. The number of hydrogen-bond donors (Lipinski definition) is 0. The molecule has 24 heavy (non-hydrogen) atoms. The summed E-state index contributed by atoms with van der Waals surface area (Å²) in [6, 6.07) is 12.8. The van der Waals surface area contributed by atoms with Gasteiger partial charge in [0.25, 0.3) is 5.69 Å². The van der Waals surface area contributed by atoms with Gasteiger partial charge in [0.2, 0.25) is 5.78 Å². The van der Waals surface area contributed by atoms with Crippen LogP contribution in [0.15, 0.2) is 48.5 Å². The molecule has 2 rings (SSSR count). The molecule has 0 N–H and O–H groups in total. The van der Waals surface area contributed by atoms with Crippen molar-refractivity contribution in [3.8, 4) is 5.75 Å². The maximum atomic E-state index is 12.0. The van der Waals surface area contributed by atoms with Gasteiger partial charge in [-0.3, -0.25) is 14.9 Å². The van der Waals surface area contributed by atoms with Crippen molar-refractivity contribution in [2.45, 2.75) is 13.0 Å². The second-order valence-electron chi connectivity index (χ2n) is 4.91. The molecule has 0 amide bonds. The van der Waals surface area contributed by atoms with Gasteiger partial charge in [-0.05, 0) is 11.6 Å². The predicted molar refractivity (Wildman–Crippen MR) is 84.6 cm³/mol. The Hall–Kier alpha value is -3.22. The number of carbonyl (C=O) groups is 2. The van der Waals surface area contributed by atoms with E-state index in [1.807, 2.05) is 6.07 Å². The van der Waals surface area contributed by atoms with Crippen LogP contribution in [0.1, 0.15) is 11.1 Å². The van der Waals surface area contributed by atoms with Crippen molar-refractivity contribution in [2.75, 3.05) is 7.11 Å². The number of carbonyl (C=O) groups excluding carboxylic acids is 2. The van der Waals surface area contributed by atoms with Crippen LogP contribution in [0.4, 0.5) is 5.69 Å². The zero-order valence-corrected chi connectivity index (χ0v) is 12.9. The van der Waals surface area contributed by atoms with Gasteiger partial charge in [-0.1, -0.05) is 30.3 Å². The Labute approximate surface area is 138 Å². The van der Waals surface area contributed by atoms with Crippen LogP contribution in [0, 0.1) is 10.1 Å². The minimum Gasteiger partial charge on any atom is -0.496 e. The van der Waals surface area contributed by atoms with Crippen LogP contribution >= 0.6 is 0 Å². The highest BCUT2D eigenvalue weighted by molar-refractivity contribution is 6.34. The number of benzene rings is 2. The first-order chi connectivity index (χ1) is 11.5. The van der Waals surface area contributed by atoms with Crippen molar-refractivity contribution >= 4 is 17.4 Å². The van der Waals surface area contributed by atoms with E-state index in [2.05, 4.69) is 0 Å². The number of methoxy groups -OCH3 is 1. The molecule has 0 aliphatic carbocycles. The number of ether oxygens (including phenoxy) is 2. The molecule has 0 saturated carbocycles. The second kappa shape index (κ2) is 7.87. The standard InChI is InChI=1S/C17H15NO6/c1-23-16-8-7-14(18(21)22)9-13(16)10-15(19)17(20)24-11-12-5-3-2-4-6-12/h2-9H,10-11H2,1H3. The third-order valence-electron chi connectivity index (χ3n) is 3.27.